The smallest absolute Gasteiger partial charge is 0.254 e. The number of aromatic nitrogens is 1. The Morgan fingerprint density at radius 2 is 2.00 bits per heavy atom. The average molecular weight is 288 g/mol. The van der Waals surface area contributed by atoms with Crippen LogP contribution in [0.25, 0.3) is 0 Å². The number of amides is 1. The molecule has 1 aromatic heterocycles. The van der Waals surface area contributed by atoms with Gasteiger partial charge in [0, 0.05) is 43.5 Å². The molecule has 2 N–H and O–H groups in total. The van der Waals surface area contributed by atoms with Crippen molar-refractivity contribution in [3.8, 4) is 0 Å². The molecule has 1 aliphatic heterocycles. The van der Waals surface area contributed by atoms with Crippen LogP contribution in [0.5, 0.6) is 0 Å². The number of anilines is 1. The minimum Gasteiger partial charge on any atom is -0.384 e. The van der Waals surface area contributed by atoms with Crippen molar-refractivity contribution in [2.45, 2.75) is 38.6 Å². The molecule has 0 bridgehead atoms. The Bertz CT molecular complexity index is 519. The van der Waals surface area contributed by atoms with Crippen molar-refractivity contribution in [2.24, 2.45) is 0 Å². The normalized spacial score (nSPS) is 19.8. The number of nitrogen functional groups attached to an aromatic ring is 1. The maximum absolute atomic E-state index is 12.6. The van der Waals surface area contributed by atoms with Gasteiger partial charge >= 0.3 is 0 Å². The van der Waals surface area contributed by atoms with Crippen molar-refractivity contribution >= 4 is 11.7 Å². The largest absolute Gasteiger partial charge is 0.384 e. The summed E-state index contributed by atoms with van der Waals surface area (Å²) < 4.78 is 0. The second-order valence-corrected chi connectivity index (χ2v) is 6.08. The summed E-state index contributed by atoms with van der Waals surface area (Å²) in [5.41, 5.74) is 7.44. The first-order chi connectivity index (χ1) is 10.2. The van der Waals surface area contributed by atoms with Gasteiger partial charge in [0.25, 0.3) is 5.91 Å². The van der Waals surface area contributed by atoms with E-state index in [0.717, 1.165) is 50.8 Å². The van der Waals surface area contributed by atoms with Gasteiger partial charge in [0.1, 0.15) is 5.82 Å². The summed E-state index contributed by atoms with van der Waals surface area (Å²) in [5.74, 6) is 0.540. The summed E-state index contributed by atoms with van der Waals surface area (Å²) >= 11 is 0. The summed E-state index contributed by atoms with van der Waals surface area (Å²) in [6.07, 6.45) is 4.52. The highest BCUT2D eigenvalue weighted by Crippen LogP contribution is 2.27. The minimum absolute atomic E-state index is 0.0944. The van der Waals surface area contributed by atoms with Gasteiger partial charge in [0.15, 0.2) is 0 Å². The molecule has 0 unspecified atom stereocenters. The van der Waals surface area contributed by atoms with E-state index < -0.39 is 0 Å². The van der Waals surface area contributed by atoms with Crippen LogP contribution in [0.4, 0.5) is 5.82 Å². The number of rotatable bonds is 4. The number of nitrogens with zero attached hydrogens (tertiary/aromatic N) is 3. The van der Waals surface area contributed by atoms with Crippen molar-refractivity contribution in [1.82, 2.24) is 14.8 Å². The van der Waals surface area contributed by atoms with E-state index in [1.807, 2.05) is 11.0 Å². The molecule has 1 aliphatic carbocycles. The first-order valence-electron chi connectivity index (χ1n) is 7.97. The molecule has 2 heterocycles. The number of aryl methyl sites for hydroxylation is 1. The van der Waals surface area contributed by atoms with Gasteiger partial charge < -0.3 is 10.6 Å². The number of piperazine rings is 1. The molecule has 3 rings (SSSR count). The molecule has 2 fully saturated rings. The van der Waals surface area contributed by atoms with Crippen LogP contribution in [-0.4, -0.2) is 52.9 Å². The Balaban J connectivity index is 1.67. The fourth-order valence-electron chi connectivity index (χ4n) is 3.03. The first kappa shape index (κ1) is 14.3. The Hall–Kier alpha value is -1.62. The van der Waals surface area contributed by atoms with Gasteiger partial charge in [-0.15, -0.1) is 0 Å². The lowest BCUT2D eigenvalue weighted by molar-refractivity contribution is 0.0627. The van der Waals surface area contributed by atoms with Crippen LogP contribution in [0.3, 0.4) is 0 Å². The number of hydrogen-bond acceptors (Lipinski definition) is 4. The van der Waals surface area contributed by atoms with Gasteiger partial charge in [-0.3, -0.25) is 9.69 Å². The Morgan fingerprint density at radius 1 is 1.29 bits per heavy atom. The molecule has 0 atom stereocenters. The van der Waals surface area contributed by atoms with Gasteiger partial charge in [-0.05, 0) is 31.4 Å². The molecule has 0 radical (unpaired) electrons. The zero-order valence-electron chi connectivity index (χ0n) is 12.7. The molecule has 1 saturated heterocycles. The zero-order chi connectivity index (χ0) is 14.8. The highest BCUT2D eigenvalue weighted by Gasteiger charge is 2.32. The number of nitrogens with two attached hydrogens (primary N) is 1. The van der Waals surface area contributed by atoms with Gasteiger partial charge in [-0.25, -0.2) is 4.98 Å². The van der Waals surface area contributed by atoms with Gasteiger partial charge in [-0.2, -0.15) is 0 Å². The second kappa shape index (κ2) is 6.02. The lowest BCUT2D eigenvalue weighted by Crippen LogP contribution is -2.49. The van der Waals surface area contributed by atoms with E-state index in [9.17, 15) is 4.79 Å². The van der Waals surface area contributed by atoms with Gasteiger partial charge in [0.05, 0.1) is 0 Å². The number of carbonyl (C=O) groups is 1. The third-order valence-electron chi connectivity index (χ3n) is 4.32. The first-order valence-corrected chi connectivity index (χ1v) is 7.97. The van der Waals surface area contributed by atoms with Crippen molar-refractivity contribution in [3.63, 3.8) is 0 Å². The van der Waals surface area contributed by atoms with E-state index in [-0.39, 0.29) is 5.91 Å². The molecule has 2 aliphatic rings. The predicted octanol–water partition coefficient (Wildman–Crippen LogP) is 1.54. The van der Waals surface area contributed by atoms with E-state index in [1.54, 1.807) is 6.07 Å². The number of hydrogen-bond donors (Lipinski definition) is 1. The summed E-state index contributed by atoms with van der Waals surface area (Å²) in [5, 5.41) is 0. The van der Waals surface area contributed by atoms with Crippen molar-refractivity contribution < 1.29 is 4.79 Å². The maximum atomic E-state index is 12.6. The molecule has 1 saturated carbocycles. The molecule has 5 heteroatoms. The van der Waals surface area contributed by atoms with Crippen molar-refractivity contribution in [3.05, 3.63) is 23.4 Å². The molecule has 21 heavy (non-hydrogen) atoms. The topological polar surface area (TPSA) is 62.5 Å². The van der Waals surface area contributed by atoms with Crippen LogP contribution in [0, 0.1) is 0 Å². The van der Waals surface area contributed by atoms with E-state index in [2.05, 4.69) is 16.8 Å². The van der Waals surface area contributed by atoms with Crippen molar-refractivity contribution in [1.29, 1.82) is 0 Å². The quantitative estimate of drug-likeness (QED) is 0.913. The van der Waals surface area contributed by atoms with Crippen LogP contribution in [-0.2, 0) is 6.42 Å². The molecular formula is C16H24N4O. The Kier molecular flexibility index (Phi) is 4.10. The van der Waals surface area contributed by atoms with E-state index in [1.165, 1.54) is 12.8 Å². The molecular weight excluding hydrogens is 264 g/mol. The molecule has 1 aromatic rings. The van der Waals surface area contributed by atoms with Crippen LogP contribution >= 0.6 is 0 Å². The van der Waals surface area contributed by atoms with Crippen LogP contribution in [0.15, 0.2) is 12.1 Å². The number of carbonyl (C=O) groups excluding carboxylic acids is 1. The highest BCUT2D eigenvalue weighted by molar-refractivity contribution is 5.95. The second-order valence-electron chi connectivity index (χ2n) is 6.08. The minimum atomic E-state index is 0.0944. The molecule has 5 nitrogen and oxygen atoms in total. The van der Waals surface area contributed by atoms with Crippen LogP contribution in [0.2, 0.25) is 0 Å². The fraction of sp³-hybridized carbons (Fsp3) is 0.625. The Labute approximate surface area is 126 Å². The lowest BCUT2D eigenvalue weighted by atomic mass is 10.1. The summed E-state index contributed by atoms with van der Waals surface area (Å²) in [6.45, 7) is 5.74. The average Bonchev–Trinajstić information content (AvgIpc) is 3.31. The SMILES string of the molecule is CCCc1cc(C(=O)N2CCN(C3CC3)CC2)cc(N)n1. The maximum Gasteiger partial charge on any atom is 0.254 e. The fourth-order valence-corrected chi connectivity index (χ4v) is 3.03. The number of pyridine rings is 1. The predicted molar refractivity (Wildman–Crippen MR) is 83.1 cm³/mol. The van der Waals surface area contributed by atoms with E-state index in [0.29, 0.717) is 11.4 Å². The zero-order valence-corrected chi connectivity index (χ0v) is 12.7. The summed E-state index contributed by atoms with van der Waals surface area (Å²) in [4.78, 5) is 21.4. The Morgan fingerprint density at radius 3 is 2.62 bits per heavy atom. The van der Waals surface area contributed by atoms with Gasteiger partial charge in [0.2, 0.25) is 0 Å². The monoisotopic (exact) mass is 288 g/mol. The van der Waals surface area contributed by atoms with Crippen molar-refractivity contribution in [2.75, 3.05) is 31.9 Å². The molecule has 1 amide bonds. The standard InChI is InChI=1S/C16H24N4O/c1-2-3-13-10-12(11-15(17)18-13)16(21)20-8-6-19(7-9-20)14-4-5-14/h10-11,14H,2-9H2,1H3,(H2,17,18). The third-order valence-corrected chi connectivity index (χ3v) is 4.32. The third kappa shape index (κ3) is 3.35. The van der Waals surface area contributed by atoms with Crippen LogP contribution < -0.4 is 5.73 Å². The van der Waals surface area contributed by atoms with E-state index >= 15 is 0 Å². The van der Waals surface area contributed by atoms with Crippen LogP contribution in [0.1, 0.15) is 42.2 Å². The molecule has 114 valence electrons. The molecule has 0 spiro atoms. The van der Waals surface area contributed by atoms with Gasteiger partial charge in [-0.1, -0.05) is 13.3 Å². The summed E-state index contributed by atoms with van der Waals surface area (Å²) in [7, 11) is 0. The summed E-state index contributed by atoms with van der Waals surface area (Å²) in [6, 6.07) is 4.39. The molecule has 0 aromatic carbocycles. The van der Waals surface area contributed by atoms with E-state index in [4.69, 9.17) is 5.73 Å². The lowest BCUT2D eigenvalue weighted by Gasteiger charge is -2.34. The highest BCUT2D eigenvalue weighted by atomic mass is 16.2.